The molecule has 0 aromatic carbocycles. The van der Waals surface area contributed by atoms with Crippen molar-refractivity contribution in [1.82, 2.24) is 4.90 Å². The van der Waals surface area contributed by atoms with Gasteiger partial charge in [0, 0.05) is 12.6 Å². The summed E-state index contributed by atoms with van der Waals surface area (Å²) in [5.41, 5.74) is 0. The minimum Gasteiger partial charge on any atom is -0.339 e. The molecule has 8 heavy (non-hydrogen) atoms. The number of nitrogens with zero attached hydrogens (tertiary/aromatic N) is 1. The van der Waals surface area contributed by atoms with Gasteiger partial charge in [0.1, 0.15) is 0 Å². The van der Waals surface area contributed by atoms with Crippen molar-refractivity contribution in [1.29, 1.82) is 0 Å². The molecule has 1 heterocycles. The van der Waals surface area contributed by atoms with Gasteiger partial charge < -0.3 is 4.90 Å². The van der Waals surface area contributed by atoms with Crippen LogP contribution in [0, 0.1) is 0 Å². The molecule has 2 unspecified atom stereocenters. The first-order chi connectivity index (χ1) is 3.84. The number of rotatable bonds is 1. The third-order valence-electron chi connectivity index (χ3n) is 1.04. The van der Waals surface area contributed by atoms with Crippen LogP contribution < -0.4 is 0 Å². The van der Waals surface area contributed by atoms with Crippen molar-refractivity contribution in [3.05, 3.63) is 0 Å². The van der Waals surface area contributed by atoms with Crippen LogP contribution in [-0.4, -0.2) is 23.9 Å². The Bertz CT molecular complexity index is 88.1. The van der Waals surface area contributed by atoms with Gasteiger partial charge in [0.2, 0.25) is 6.41 Å². The number of hydrogen-bond donors (Lipinski definition) is 0. The Morgan fingerprint density at radius 2 is 2.12 bits per heavy atom. The quantitative estimate of drug-likeness (QED) is 0.289. The third-order valence-corrected chi connectivity index (χ3v) is 1.04. The normalized spacial score (nSPS) is 23.1. The fraction of sp³-hybridized carbons (Fsp3) is 0.750. The topological polar surface area (TPSA) is 37.1 Å². The Kier molecular flexibility index (Phi) is 3.37. The molecule has 0 spiro atoms. The van der Waals surface area contributed by atoms with Crippen molar-refractivity contribution in [3.63, 3.8) is 0 Å². The average Bonchev–Trinajstić information content (AvgIpc) is 2.52. The number of carbonyl (C=O) groups excluding carboxylic acids is 1. The van der Waals surface area contributed by atoms with Crippen molar-refractivity contribution < 1.29 is 9.36 Å². The molecule has 0 saturated carbocycles. The highest BCUT2D eigenvalue weighted by molar-refractivity contribution is 7.00. The van der Waals surface area contributed by atoms with Gasteiger partial charge in [-0.2, -0.15) is 0 Å². The summed E-state index contributed by atoms with van der Waals surface area (Å²) in [5.74, 6) is 0. The highest BCUT2D eigenvalue weighted by Gasteiger charge is 2.25. The molecule has 1 fully saturated rings. The molecule has 0 aromatic rings. The van der Waals surface area contributed by atoms with Crippen LogP contribution >= 0.6 is 9.12 Å². The monoisotopic (exact) mass is 134 g/mol. The van der Waals surface area contributed by atoms with Gasteiger partial charge in [-0.05, 0) is 6.92 Å². The maximum atomic E-state index is 9.70. The molecule has 4 heteroatoms. The van der Waals surface area contributed by atoms with Gasteiger partial charge >= 0.3 is 9.12 Å². The average molecular weight is 134 g/mol. The Hall–Kier alpha value is -0.430. The Morgan fingerprint density at radius 3 is 2.12 bits per heavy atom. The molecule has 1 rings (SSSR count). The molecular weight excluding hydrogens is 125 g/mol. The van der Waals surface area contributed by atoms with E-state index in [1.807, 2.05) is 6.92 Å². The van der Waals surface area contributed by atoms with Crippen LogP contribution in [0.2, 0.25) is 0 Å². The second-order valence-corrected chi connectivity index (χ2v) is 1.65. The summed E-state index contributed by atoms with van der Waals surface area (Å²) in [7, 11) is 1.17. The van der Waals surface area contributed by atoms with Crippen molar-refractivity contribution in [2.45, 2.75) is 13.0 Å². The highest BCUT2D eigenvalue weighted by Crippen LogP contribution is 2.10. The summed E-state index contributed by atoms with van der Waals surface area (Å²) in [6.45, 7) is 2.98. The fourth-order valence-electron chi connectivity index (χ4n) is 0.405. The van der Waals surface area contributed by atoms with Gasteiger partial charge in [0.05, 0.1) is 0 Å². The molecule has 46 valence electrons. The first kappa shape index (κ1) is 7.57. The molecule has 1 saturated heterocycles. The highest BCUT2D eigenvalue weighted by atomic mass is 31.0. The predicted molar refractivity (Wildman–Crippen MR) is 32.6 cm³/mol. The van der Waals surface area contributed by atoms with Crippen LogP contribution in [0.1, 0.15) is 6.92 Å². The van der Waals surface area contributed by atoms with E-state index in [9.17, 15) is 4.79 Å². The fourth-order valence-corrected chi connectivity index (χ4v) is 0.405. The Morgan fingerprint density at radius 1 is 1.75 bits per heavy atom. The summed E-state index contributed by atoms with van der Waals surface area (Å²) >= 11 is 0. The van der Waals surface area contributed by atoms with Crippen LogP contribution in [0.15, 0.2) is 0 Å². The molecule has 1 aliphatic heterocycles. The van der Waals surface area contributed by atoms with E-state index in [2.05, 4.69) is 0 Å². The van der Waals surface area contributed by atoms with Crippen LogP contribution in [0.4, 0.5) is 0 Å². The zero-order valence-corrected chi connectivity index (χ0v) is 5.86. The SMILES string of the molecule is CC1CN1C=O.O=[PH2+]. The minimum atomic E-state index is 0.530. The van der Waals surface area contributed by atoms with Crippen LogP contribution in [-0.2, 0) is 9.36 Å². The van der Waals surface area contributed by atoms with E-state index in [-0.39, 0.29) is 0 Å². The second-order valence-electron chi connectivity index (χ2n) is 1.65. The van der Waals surface area contributed by atoms with Crippen molar-refractivity contribution in [2.75, 3.05) is 6.54 Å². The van der Waals surface area contributed by atoms with E-state index in [1.165, 1.54) is 9.12 Å². The third kappa shape index (κ3) is 2.03. The largest absolute Gasteiger partial charge is 0.339 e. The van der Waals surface area contributed by atoms with Gasteiger partial charge in [-0.15, -0.1) is 0 Å². The number of carbonyl (C=O) groups is 1. The molecule has 3 nitrogen and oxygen atoms in total. The van der Waals surface area contributed by atoms with Crippen LogP contribution in [0.3, 0.4) is 0 Å². The van der Waals surface area contributed by atoms with E-state index >= 15 is 0 Å². The summed E-state index contributed by atoms with van der Waals surface area (Å²) in [4.78, 5) is 11.4. The number of hydrogen-bond acceptors (Lipinski definition) is 2. The lowest BCUT2D eigenvalue weighted by atomic mass is 10.6. The Balaban J connectivity index is 0.000000222. The van der Waals surface area contributed by atoms with Crippen LogP contribution in [0.25, 0.3) is 0 Å². The van der Waals surface area contributed by atoms with Crippen molar-refractivity contribution in [2.24, 2.45) is 0 Å². The lowest BCUT2D eigenvalue weighted by Crippen LogP contribution is -1.91. The minimum absolute atomic E-state index is 0.530. The molecule has 0 bridgehead atoms. The predicted octanol–water partition coefficient (Wildman–Crippen LogP) is 0.0539. The zero-order chi connectivity index (χ0) is 6.57. The smallest absolute Gasteiger partial charge is 0.310 e. The van der Waals surface area contributed by atoms with E-state index < -0.39 is 0 Å². The van der Waals surface area contributed by atoms with Crippen molar-refractivity contribution >= 4 is 15.5 Å². The lowest BCUT2D eigenvalue weighted by Gasteiger charge is -1.78. The first-order valence-electron chi connectivity index (χ1n) is 2.29. The Labute approximate surface area is 50.3 Å². The van der Waals surface area contributed by atoms with Crippen molar-refractivity contribution in [3.8, 4) is 0 Å². The lowest BCUT2D eigenvalue weighted by molar-refractivity contribution is -0.113. The van der Waals surface area contributed by atoms with E-state index in [1.54, 1.807) is 4.90 Å². The molecule has 2 atom stereocenters. The summed E-state index contributed by atoms with van der Waals surface area (Å²) in [5, 5.41) is 0. The molecular formula is C4H9NO2P+. The summed E-state index contributed by atoms with van der Waals surface area (Å²) in [6.07, 6.45) is 0.880. The standard InChI is InChI=1S/C4H7NO.H2OP/c1-4-2-5(4)3-6;1-2/h3-4H,2H2,1H3;2H2/q;+1. The molecule has 0 aliphatic carbocycles. The molecule has 0 radical (unpaired) electrons. The first-order valence-corrected chi connectivity index (χ1v) is 2.76. The molecule has 1 aliphatic rings. The zero-order valence-electron chi connectivity index (χ0n) is 4.70. The molecule has 0 aromatic heterocycles. The van der Waals surface area contributed by atoms with Gasteiger partial charge in [0.25, 0.3) is 0 Å². The van der Waals surface area contributed by atoms with E-state index in [0.717, 1.165) is 13.0 Å². The van der Waals surface area contributed by atoms with Gasteiger partial charge in [-0.1, -0.05) is 4.57 Å². The maximum absolute atomic E-state index is 9.70. The molecule has 1 amide bonds. The number of amides is 1. The second kappa shape index (κ2) is 3.56. The van der Waals surface area contributed by atoms with Gasteiger partial charge in [-0.25, -0.2) is 0 Å². The summed E-state index contributed by atoms with van der Waals surface area (Å²) < 4.78 is 8.17. The summed E-state index contributed by atoms with van der Waals surface area (Å²) in [6, 6.07) is 0.530. The molecule has 0 N–H and O–H groups in total. The van der Waals surface area contributed by atoms with Gasteiger partial charge in [0.15, 0.2) is 0 Å². The van der Waals surface area contributed by atoms with E-state index in [0.29, 0.717) is 6.04 Å². The van der Waals surface area contributed by atoms with Gasteiger partial charge in [-0.3, -0.25) is 4.79 Å². The van der Waals surface area contributed by atoms with E-state index in [4.69, 9.17) is 4.57 Å². The maximum Gasteiger partial charge on any atom is 0.310 e. The van der Waals surface area contributed by atoms with Crippen LogP contribution in [0.5, 0.6) is 0 Å².